The van der Waals surface area contributed by atoms with Gasteiger partial charge in [-0.25, -0.2) is 4.68 Å². The van der Waals surface area contributed by atoms with Crippen molar-refractivity contribution in [1.29, 1.82) is 0 Å². The number of aromatic nitrogens is 2. The Hall–Kier alpha value is -3.19. The van der Waals surface area contributed by atoms with Gasteiger partial charge < -0.3 is 0 Å². The van der Waals surface area contributed by atoms with E-state index in [9.17, 15) is 4.79 Å². The van der Waals surface area contributed by atoms with Gasteiger partial charge in [0.2, 0.25) is 0 Å². The van der Waals surface area contributed by atoms with E-state index in [4.69, 9.17) is 28.9 Å². The molecule has 0 spiro atoms. The zero-order valence-electron chi connectivity index (χ0n) is 17.4. The molecule has 4 aromatic rings. The summed E-state index contributed by atoms with van der Waals surface area (Å²) in [5, 5.41) is 5.42. The van der Waals surface area contributed by atoms with Crippen LogP contribution in [0.25, 0.3) is 23.0 Å². The van der Waals surface area contributed by atoms with Crippen LogP contribution in [0.3, 0.4) is 0 Å². The summed E-state index contributed by atoms with van der Waals surface area (Å²) in [6.45, 7) is 0.455. The topological polar surface area (TPSA) is 38.1 Å². The number of carbonyl (C=O) groups excluding carboxylic acids is 1. The molecular weight excluding hydrogens is 470 g/mol. The molecule has 0 saturated carbocycles. The minimum Gasteiger partial charge on any atom is -0.288 e. The molecule has 0 N–H and O–H groups in total. The van der Waals surface area contributed by atoms with Gasteiger partial charge >= 0.3 is 0 Å². The van der Waals surface area contributed by atoms with Crippen LogP contribution in [-0.2, 0) is 6.54 Å². The van der Waals surface area contributed by atoms with Gasteiger partial charge in [0.1, 0.15) is 4.99 Å². The first-order chi connectivity index (χ1) is 16.1. The number of hydrogen-bond acceptors (Lipinski definition) is 4. The number of halogens is 1. The van der Waals surface area contributed by atoms with Crippen LogP contribution in [0, 0.1) is 0 Å². The molecule has 3 aromatic carbocycles. The van der Waals surface area contributed by atoms with E-state index >= 15 is 0 Å². The quantitative estimate of drug-likeness (QED) is 0.220. The molecule has 2 heterocycles. The van der Waals surface area contributed by atoms with Gasteiger partial charge in [0, 0.05) is 22.3 Å². The zero-order valence-corrected chi connectivity index (χ0v) is 19.8. The number of nitrogens with zero attached hydrogens (tertiary/aromatic N) is 3. The third-order valence-corrected chi connectivity index (χ3v) is 6.97. The summed E-state index contributed by atoms with van der Waals surface area (Å²) in [6, 6.07) is 27.3. The average molecular weight is 488 g/mol. The van der Waals surface area contributed by atoms with Crippen LogP contribution in [0.5, 0.6) is 0 Å². The van der Waals surface area contributed by atoms with Crippen LogP contribution < -0.4 is 0 Å². The maximum atomic E-state index is 12.7. The number of benzene rings is 3. The second-order valence-corrected chi connectivity index (χ2v) is 9.29. The Bertz CT molecular complexity index is 1350. The monoisotopic (exact) mass is 487 g/mol. The van der Waals surface area contributed by atoms with Gasteiger partial charge in [0.05, 0.1) is 22.8 Å². The fourth-order valence-electron chi connectivity index (χ4n) is 3.58. The van der Waals surface area contributed by atoms with Crippen molar-refractivity contribution in [2.45, 2.75) is 6.54 Å². The maximum Gasteiger partial charge on any atom is 0.291 e. The molecule has 5 rings (SSSR count). The van der Waals surface area contributed by atoms with Crippen LogP contribution in [-0.4, -0.2) is 24.9 Å². The van der Waals surface area contributed by atoms with Gasteiger partial charge in [-0.05, 0) is 47.7 Å². The number of thioether (sulfide) groups is 1. The Balaban J connectivity index is 1.53. The largest absolute Gasteiger partial charge is 0.291 e. The molecule has 1 amide bonds. The van der Waals surface area contributed by atoms with Crippen molar-refractivity contribution in [2.24, 2.45) is 0 Å². The lowest BCUT2D eigenvalue weighted by atomic mass is 10.1. The Morgan fingerprint density at radius 3 is 2.30 bits per heavy atom. The summed E-state index contributed by atoms with van der Waals surface area (Å²) in [7, 11) is 0. The second-order valence-electron chi connectivity index (χ2n) is 7.47. The summed E-state index contributed by atoms with van der Waals surface area (Å²) in [5.74, 6) is 0. The van der Waals surface area contributed by atoms with Crippen LogP contribution in [0.1, 0.15) is 11.1 Å². The van der Waals surface area contributed by atoms with Crippen molar-refractivity contribution < 1.29 is 4.79 Å². The number of amides is 1. The molecule has 33 heavy (non-hydrogen) atoms. The molecule has 0 unspecified atom stereocenters. The highest BCUT2D eigenvalue weighted by Gasteiger charge is 2.32. The van der Waals surface area contributed by atoms with Crippen LogP contribution >= 0.6 is 35.6 Å². The van der Waals surface area contributed by atoms with Crippen molar-refractivity contribution in [3.63, 3.8) is 0 Å². The van der Waals surface area contributed by atoms with Gasteiger partial charge in [-0.15, -0.1) is 0 Å². The van der Waals surface area contributed by atoms with Gasteiger partial charge in [-0.3, -0.25) is 9.69 Å². The third kappa shape index (κ3) is 4.64. The molecule has 1 aliphatic heterocycles. The first kappa shape index (κ1) is 21.6. The smallest absolute Gasteiger partial charge is 0.288 e. The Morgan fingerprint density at radius 1 is 0.939 bits per heavy atom. The Kier molecular flexibility index (Phi) is 6.13. The second kappa shape index (κ2) is 9.35. The maximum absolute atomic E-state index is 12.7. The number of para-hydroxylation sites is 1. The van der Waals surface area contributed by atoms with E-state index in [0.717, 1.165) is 44.7 Å². The molecule has 1 fully saturated rings. The summed E-state index contributed by atoms with van der Waals surface area (Å²) in [4.78, 5) is 15.7. The molecule has 7 heteroatoms. The van der Waals surface area contributed by atoms with Crippen molar-refractivity contribution >= 4 is 51.9 Å². The normalized spacial score (nSPS) is 14.9. The molecule has 162 valence electrons. The van der Waals surface area contributed by atoms with Gasteiger partial charge in [0.15, 0.2) is 0 Å². The summed E-state index contributed by atoms with van der Waals surface area (Å²) >= 11 is 12.9. The van der Waals surface area contributed by atoms with Crippen LogP contribution in [0.2, 0.25) is 5.02 Å². The van der Waals surface area contributed by atoms with Crippen molar-refractivity contribution in [2.75, 3.05) is 0 Å². The molecule has 1 saturated heterocycles. The molecule has 0 radical (unpaired) electrons. The average Bonchev–Trinajstić information content (AvgIpc) is 3.37. The Labute approximate surface area is 206 Å². The predicted molar refractivity (Wildman–Crippen MR) is 140 cm³/mol. The van der Waals surface area contributed by atoms with Crippen molar-refractivity contribution in [1.82, 2.24) is 14.7 Å². The SMILES string of the molecule is O=C1S/C(=C/c2cn(-c3ccccc3)nc2-c2ccc(Cl)cc2)C(=S)N1Cc1ccccc1. The van der Waals surface area contributed by atoms with Crippen molar-refractivity contribution in [3.8, 4) is 16.9 Å². The van der Waals surface area contributed by atoms with E-state index in [2.05, 4.69) is 0 Å². The molecular formula is C26H18ClN3OS2. The lowest BCUT2D eigenvalue weighted by molar-refractivity contribution is 0.244. The molecule has 1 aliphatic rings. The summed E-state index contributed by atoms with van der Waals surface area (Å²) in [6.07, 6.45) is 3.91. The lowest BCUT2D eigenvalue weighted by Crippen LogP contribution is -2.26. The van der Waals surface area contributed by atoms with Gasteiger partial charge in [0.25, 0.3) is 5.24 Å². The van der Waals surface area contributed by atoms with Crippen LogP contribution in [0.15, 0.2) is 96.0 Å². The highest BCUT2D eigenvalue weighted by atomic mass is 35.5. The predicted octanol–water partition coefficient (Wildman–Crippen LogP) is 7.23. The van der Waals surface area contributed by atoms with E-state index in [1.54, 1.807) is 4.90 Å². The van der Waals surface area contributed by atoms with E-state index in [-0.39, 0.29) is 5.24 Å². The molecule has 1 aromatic heterocycles. The minimum atomic E-state index is -0.0707. The number of thiocarbonyl (C=S) groups is 1. The van der Waals surface area contributed by atoms with Gasteiger partial charge in [-0.2, -0.15) is 5.10 Å². The molecule has 0 bridgehead atoms. The van der Waals surface area contributed by atoms with E-state index in [1.807, 2.05) is 102 Å². The number of rotatable bonds is 5. The first-order valence-electron chi connectivity index (χ1n) is 10.3. The highest BCUT2D eigenvalue weighted by Crippen LogP contribution is 2.36. The molecule has 0 atom stereocenters. The van der Waals surface area contributed by atoms with E-state index in [0.29, 0.717) is 16.6 Å². The molecule has 4 nitrogen and oxygen atoms in total. The van der Waals surface area contributed by atoms with Gasteiger partial charge in [-0.1, -0.05) is 84.5 Å². The lowest BCUT2D eigenvalue weighted by Gasteiger charge is -2.14. The highest BCUT2D eigenvalue weighted by molar-refractivity contribution is 8.19. The fourth-order valence-corrected chi connectivity index (χ4v) is 4.93. The minimum absolute atomic E-state index is 0.0707. The van der Waals surface area contributed by atoms with Crippen molar-refractivity contribution in [3.05, 3.63) is 112 Å². The first-order valence-corrected chi connectivity index (χ1v) is 11.9. The summed E-state index contributed by atoms with van der Waals surface area (Å²) < 4.78 is 1.84. The Morgan fingerprint density at radius 2 is 1.61 bits per heavy atom. The van der Waals surface area contributed by atoms with E-state index < -0.39 is 0 Å². The zero-order chi connectivity index (χ0) is 22.8. The third-order valence-electron chi connectivity index (χ3n) is 5.22. The fraction of sp³-hybridized carbons (Fsp3) is 0.0385. The molecule has 0 aliphatic carbocycles. The number of carbonyl (C=O) groups is 1. The number of hydrogen-bond donors (Lipinski definition) is 0. The standard InChI is InChI=1S/C26H18ClN3OS2/c27-21-13-11-19(12-14-21)24-20(17-30(28-24)22-9-5-2-6-10-22)15-23-25(32)29(26(31)33-23)16-18-7-3-1-4-8-18/h1-15,17H,16H2/b23-15+. The van der Waals surface area contributed by atoms with E-state index in [1.165, 1.54) is 0 Å². The summed E-state index contributed by atoms with van der Waals surface area (Å²) in [5.41, 5.74) is 4.58. The van der Waals surface area contributed by atoms with Crippen LogP contribution in [0.4, 0.5) is 4.79 Å².